The van der Waals surface area contributed by atoms with Crippen molar-refractivity contribution in [3.8, 4) is 0 Å². The Morgan fingerprint density at radius 1 is 0.783 bits per heavy atom. The van der Waals surface area contributed by atoms with E-state index in [4.69, 9.17) is 9.84 Å². The standard InChI is InChI=1S/C19H39NO3/c1-2-3-4-5-6-7-8-9-10-11-12-13-14-15-18-23-19(22)20-16-17-21/h21H,2-18H2,1H3,(H,20,22). The van der Waals surface area contributed by atoms with Gasteiger partial charge in [0.2, 0.25) is 0 Å². The third kappa shape index (κ3) is 19.2. The minimum atomic E-state index is -0.422. The summed E-state index contributed by atoms with van der Waals surface area (Å²) in [6, 6.07) is 0. The molecule has 4 heteroatoms. The molecule has 0 bridgehead atoms. The Labute approximate surface area is 143 Å². The van der Waals surface area contributed by atoms with Crippen LogP contribution in [0, 0.1) is 0 Å². The zero-order valence-corrected chi connectivity index (χ0v) is 15.3. The van der Waals surface area contributed by atoms with E-state index < -0.39 is 6.09 Å². The van der Waals surface area contributed by atoms with E-state index in [0.29, 0.717) is 6.61 Å². The van der Waals surface area contributed by atoms with Crippen LogP contribution in [0.5, 0.6) is 0 Å². The lowest BCUT2D eigenvalue weighted by atomic mass is 10.0. The summed E-state index contributed by atoms with van der Waals surface area (Å²) in [5.41, 5.74) is 0. The summed E-state index contributed by atoms with van der Waals surface area (Å²) in [5.74, 6) is 0. The van der Waals surface area contributed by atoms with E-state index in [-0.39, 0.29) is 13.2 Å². The molecule has 0 aliphatic rings. The molecular formula is C19H39NO3. The van der Waals surface area contributed by atoms with Crippen molar-refractivity contribution in [3.63, 3.8) is 0 Å². The second-order valence-electron chi connectivity index (χ2n) is 6.38. The highest BCUT2D eigenvalue weighted by molar-refractivity contribution is 5.66. The molecule has 0 aromatic rings. The Balaban J connectivity index is 3.04. The van der Waals surface area contributed by atoms with Crippen LogP contribution in [-0.2, 0) is 4.74 Å². The lowest BCUT2D eigenvalue weighted by Gasteiger charge is -2.06. The number of hydrogen-bond donors (Lipinski definition) is 2. The second-order valence-corrected chi connectivity index (χ2v) is 6.38. The number of carbonyl (C=O) groups is 1. The van der Waals surface area contributed by atoms with Crippen LogP contribution in [0.2, 0.25) is 0 Å². The first-order valence-electron chi connectivity index (χ1n) is 9.82. The molecule has 0 unspecified atom stereocenters. The number of unbranched alkanes of at least 4 members (excludes halogenated alkanes) is 13. The molecule has 4 nitrogen and oxygen atoms in total. The van der Waals surface area contributed by atoms with E-state index >= 15 is 0 Å². The van der Waals surface area contributed by atoms with Gasteiger partial charge in [0, 0.05) is 6.54 Å². The highest BCUT2D eigenvalue weighted by Crippen LogP contribution is 2.12. The van der Waals surface area contributed by atoms with Crippen molar-refractivity contribution in [1.82, 2.24) is 5.32 Å². The van der Waals surface area contributed by atoms with Crippen molar-refractivity contribution in [2.45, 2.75) is 96.8 Å². The summed E-state index contributed by atoms with van der Waals surface area (Å²) >= 11 is 0. The summed E-state index contributed by atoms with van der Waals surface area (Å²) in [4.78, 5) is 11.1. The highest BCUT2D eigenvalue weighted by atomic mass is 16.5. The molecule has 0 fully saturated rings. The lowest BCUT2D eigenvalue weighted by Crippen LogP contribution is -2.27. The minimum absolute atomic E-state index is 0.0477. The van der Waals surface area contributed by atoms with Gasteiger partial charge in [-0.15, -0.1) is 0 Å². The Morgan fingerprint density at radius 3 is 1.65 bits per heavy atom. The van der Waals surface area contributed by atoms with Gasteiger partial charge in [-0.3, -0.25) is 0 Å². The number of nitrogens with one attached hydrogen (secondary N) is 1. The zero-order chi connectivity index (χ0) is 17.0. The van der Waals surface area contributed by atoms with Crippen LogP contribution in [0.15, 0.2) is 0 Å². The summed E-state index contributed by atoms with van der Waals surface area (Å²) in [7, 11) is 0. The lowest BCUT2D eigenvalue weighted by molar-refractivity contribution is 0.141. The number of rotatable bonds is 17. The number of aliphatic hydroxyl groups is 1. The van der Waals surface area contributed by atoms with Gasteiger partial charge >= 0.3 is 6.09 Å². The maximum absolute atomic E-state index is 11.1. The van der Waals surface area contributed by atoms with Crippen LogP contribution in [0.4, 0.5) is 4.79 Å². The van der Waals surface area contributed by atoms with Crippen LogP contribution in [0.1, 0.15) is 96.8 Å². The molecule has 2 N–H and O–H groups in total. The summed E-state index contributed by atoms with van der Waals surface area (Å²) in [6.45, 7) is 2.96. The molecule has 0 atom stereocenters. The normalized spacial score (nSPS) is 10.7. The van der Waals surface area contributed by atoms with Crippen LogP contribution in [0.25, 0.3) is 0 Å². The summed E-state index contributed by atoms with van der Waals surface area (Å²) < 4.78 is 4.99. The van der Waals surface area contributed by atoms with Crippen LogP contribution >= 0.6 is 0 Å². The van der Waals surface area contributed by atoms with Gasteiger partial charge < -0.3 is 15.2 Å². The monoisotopic (exact) mass is 329 g/mol. The van der Waals surface area contributed by atoms with Gasteiger partial charge in [0.25, 0.3) is 0 Å². The maximum atomic E-state index is 11.1. The minimum Gasteiger partial charge on any atom is -0.450 e. The van der Waals surface area contributed by atoms with E-state index in [9.17, 15) is 4.79 Å². The van der Waals surface area contributed by atoms with E-state index in [1.165, 1.54) is 77.0 Å². The zero-order valence-electron chi connectivity index (χ0n) is 15.3. The fourth-order valence-corrected chi connectivity index (χ4v) is 2.67. The average Bonchev–Trinajstić information content (AvgIpc) is 2.56. The fraction of sp³-hybridized carbons (Fsp3) is 0.947. The van der Waals surface area contributed by atoms with Gasteiger partial charge in [0.15, 0.2) is 0 Å². The highest BCUT2D eigenvalue weighted by Gasteiger charge is 1.99. The quantitative estimate of drug-likeness (QED) is 0.361. The molecule has 0 rings (SSSR count). The van der Waals surface area contributed by atoms with Crippen molar-refractivity contribution in [2.24, 2.45) is 0 Å². The van der Waals surface area contributed by atoms with Crippen molar-refractivity contribution in [1.29, 1.82) is 0 Å². The van der Waals surface area contributed by atoms with Gasteiger partial charge in [-0.2, -0.15) is 0 Å². The largest absolute Gasteiger partial charge is 0.450 e. The molecule has 0 aromatic carbocycles. The number of aliphatic hydroxyl groups excluding tert-OH is 1. The maximum Gasteiger partial charge on any atom is 0.407 e. The first-order chi connectivity index (χ1) is 11.3. The van der Waals surface area contributed by atoms with Crippen LogP contribution in [-0.4, -0.2) is 31.0 Å². The molecule has 0 aliphatic heterocycles. The number of hydrogen-bond acceptors (Lipinski definition) is 3. The SMILES string of the molecule is CCCCCCCCCCCCCCCCOC(=O)NCCO. The first-order valence-corrected chi connectivity index (χ1v) is 9.82. The number of amides is 1. The third-order valence-corrected chi connectivity index (χ3v) is 4.11. The predicted molar refractivity (Wildman–Crippen MR) is 96.7 cm³/mol. The topological polar surface area (TPSA) is 58.6 Å². The molecule has 0 saturated carbocycles. The van der Waals surface area contributed by atoms with Gasteiger partial charge in [-0.25, -0.2) is 4.79 Å². The van der Waals surface area contributed by atoms with Gasteiger partial charge in [-0.05, 0) is 6.42 Å². The fourth-order valence-electron chi connectivity index (χ4n) is 2.67. The predicted octanol–water partition coefficient (Wildman–Crippen LogP) is 5.19. The Hall–Kier alpha value is -0.770. The van der Waals surface area contributed by atoms with Crippen molar-refractivity contribution >= 4 is 6.09 Å². The Kier molecular flexibility index (Phi) is 18.6. The van der Waals surface area contributed by atoms with E-state index in [2.05, 4.69) is 12.2 Å². The molecular weight excluding hydrogens is 290 g/mol. The number of ether oxygens (including phenoxy) is 1. The van der Waals surface area contributed by atoms with Gasteiger partial charge in [-0.1, -0.05) is 90.4 Å². The van der Waals surface area contributed by atoms with Crippen molar-refractivity contribution < 1.29 is 14.6 Å². The Bertz CT molecular complexity index is 247. The molecule has 0 aromatic heterocycles. The summed E-state index contributed by atoms with van der Waals surface area (Å²) in [5, 5.41) is 11.0. The van der Waals surface area contributed by atoms with Crippen molar-refractivity contribution in [2.75, 3.05) is 19.8 Å². The van der Waals surface area contributed by atoms with E-state index in [1.807, 2.05) is 0 Å². The second kappa shape index (κ2) is 19.3. The number of alkyl carbamates (subject to hydrolysis) is 1. The van der Waals surface area contributed by atoms with Crippen LogP contribution in [0.3, 0.4) is 0 Å². The smallest absolute Gasteiger partial charge is 0.407 e. The molecule has 1 amide bonds. The molecule has 0 aliphatic carbocycles. The summed E-state index contributed by atoms with van der Waals surface area (Å²) in [6.07, 6.45) is 18.1. The molecule has 23 heavy (non-hydrogen) atoms. The molecule has 138 valence electrons. The molecule has 0 radical (unpaired) electrons. The van der Waals surface area contributed by atoms with Crippen molar-refractivity contribution in [3.05, 3.63) is 0 Å². The molecule has 0 spiro atoms. The third-order valence-electron chi connectivity index (χ3n) is 4.11. The van der Waals surface area contributed by atoms with E-state index in [1.54, 1.807) is 0 Å². The van der Waals surface area contributed by atoms with Gasteiger partial charge in [0.1, 0.15) is 0 Å². The molecule has 0 saturated heterocycles. The van der Waals surface area contributed by atoms with E-state index in [0.717, 1.165) is 12.8 Å². The first kappa shape index (κ1) is 22.2. The van der Waals surface area contributed by atoms with Gasteiger partial charge in [0.05, 0.1) is 13.2 Å². The average molecular weight is 330 g/mol. The number of carbonyl (C=O) groups excluding carboxylic acids is 1. The van der Waals surface area contributed by atoms with Crippen LogP contribution < -0.4 is 5.32 Å². The molecule has 0 heterocycles. The Morgan fingerprint density at radius 2 is 1.22 bits per heavy atom.